The van der Waals surface area contributed by atoms with Crippen LogP contribution in [-0.2, 0) is 9.47 Å². The quantitative estimate of drug-likeness (QED) is 0.224. The molecule has 0 unspecified atom stereocenters. The second-order valence-electron chi connectivity index (χ2n) is 15.8. The molecule has 0 amide bonds. The third-order valence-electron chi connectivity index (χ3n) is 11.8. The van der Waals surface area contributed by atoms with Gasteiger partial charge in [-0.1, -0.05) is 18.0 Å². The number of hydrogen-bond donors (Lipinski definition) is 2. The monoisotopic (exact) mass is 737 g/mol. The van der Waals surface area contributed by atoms with Crippen LogP contribution in [0, 0.1) is 18.2 Å². The minimum absolute atomic E-state index is 0.0126. The van der Waals surface area contributed by atoms with E-state index in [1.54, 1.807) is 19.2 Å². The number of hydrogen-bond acceptors (Lipinski definition) is 11. The van der Waals surface area contributed by atoms with Crippen molar-refractivity contribution < 1.29 is 28.4 Å². The van der Waals surface area contributed by atoms with Crippen molar-refractivity contribution in [3.05, 3.63) is 28.7 Å². The molecule has 3 saturated heterocycles. The molecule has 8 rings (SSSR count). The average molecular weight is 738 g/mol. The van der Waals surface area contributed by atoms with E-state index in [1.807, 2.05) is 11.8 Å². The molecule has 3 aliphatic heterocycles. The predicted octanol–water partition coefficient (Wildman–Crippen LogP) is 6.23. The molecular formula is C38H49ClFN7O5. The van der Waals surface area contributed by atoms with Crippen LogP contribution in [0.5, 0.6) is 11.9 Å². The molecule has 14 heteroatoms. The molecule has 1 saturated carbocycles. The van der Waals surface area contributed by atoms with Gasteiger partial charge in [-0.2, -0.15) is 15.1 Å². The molecule has 4 aliphatic rings. The van der Waals surface area contributed by atoms with Gasteiger partial charge >= 0.3 is 6.01 Å². The van der Waals surface area contributed by atoms with Crippen LogP contribution in [0.25, 0.3) is 33.1 Å². The van der Waals surface area contributed by atoms with Crippen LogP contribution in [0.2, 0.25) is 5.02 Å². The van der Waals surface area contributed by atoms with Gasteiger partial charge in [-0.05, 0) is 84.4 Å². The normalized spacial score (nSPS) is 30.1. The summed E-state index contributed by atoms with van der Waals surface area (Å²) in [6.07, 6.45) is 9.65. The summed E-state index contributed by atoms with van der Waals surface area (Å²) in [5, 5.41) is 19.7. The maximum Gasteiger partial charge on any atom is 0.319 e. The van der Waals surface area contributed by atoms with E-state index in [0.717, 1.165) is 51.5 Å². The van der Waals surface area contributed by atoms with Crippen LogP contribution in [0.4, 0.5) is 10.2 Å². The topological polar surface area (TPSA) is 131 Å². The van der Waals surface area contributed by atoms with Crippen molar-refractivity contribution in [3.8, 4) is 23.1 Å². The maximum atomic E-state index is 17.3. The molecule has 4 fully saturated rings. The van der Waals surface area contributed by atoms with E-state index in [2.05, 4.69) is 28.9 Å². The highest BCUT2D eigenvalue weighted by molar-refractivity contribution is 6.33. The molecule has 12 nitrogen and oxygen atoms in total. The number of fused-ring (bicyclic) bond motifs is 3. The first-order valence-corrected chi connectivity index (χ1v) is 19.0. The van der Waals surface area contributed by atoms with Gasteiger partial charge in [0.15, 0.2) is 5.82 Å². The molecule has 2 N–H and O–H groups in total. The summed E-state index contributed by atoms with van der Waals surface area (Å²) in [6.45, 7) is 10.5. The number of benzene rings is 1. The van der Waals surface area contributed by atoms with Crippen LogP contribution in [0.1, 0.15) is 71.3 Å². The maximum absolute atomic E-state index is 17.3. The number of piperidine rings is 1. The van der Waals surface area contributed by atoms with Gasteiger partial charge in [-0.3, -0.25) is 10.00 Å². The second kappa shape index (κ2) is 13.8. The highest BCUT2D eigenvalue weighted by atomic mass is 35.5. The molecule has 1 aliphatic carbocycles. The average Bonchev–Trinajstić information content (AvgIpc) is 3.72. The van der Waals surface area contributed by atoms with Crippen LogP contribution < -0.4 is 14.4 Å². The smallest absolute Gasteiger partial charge is 0.319 e. The molecule has 0 radical (unpaired) electrons. The number of aromatic amines is 1. The number of methoxy groups -OCH3 is 1. The van der Waals surface area contributed by atoms with E-state index >= 15 is 4.39 Å². The third-order valence-corrected chi connectivity index (χ3v) is 12.2. The fraction of sp³-hybridized carbons (Fsp3) is 0.632. The van der Waals surface area contributed by atoms with Gasteiger partial charge in [-0.15, -0.1) is 0 Å². The summed E-state index contributed by atoms with van der Waals surface area (Å²) in [4.78, 5) is 19.1. The summed E-state index contributed by atoms with van der Waals surface area (Å²) in [7, 11) is 1.49. The van der Waals surface area contributed by atoms with Crippen molar-refractivity contribution in [2.45, 2.75) is 103 Å². The first-order valence-electron chi connectivity index (χ1n) is 18.6. The van der Waals surface area contributed by atoms with Crippen molar-refractivity contribution in [1.29, 1.82) is 0 Å². The van der Waals surface area contributed by atoms with Crippen molar-refractivity contribution in [2.75, 3.05) is 51.5 Å². The minimum atomic E-state index is -1.18. The van der Waals surface area contributed by atoms with Crippen LogP contribution >= 0.6 is 11.6 Å². The van der Waals surface area contributed by atoms with E-state index in [4.69, 9.17) is 45.5 Å². The van der Waals surface area contributed by atoms with E-state index in [-0.39, 0.29) is 53.9 Å². The molecule has 1 aromatic carbocycles. The Bertz CT molecular complexity index is 1970. The molecule has 0 spiro atoms. The number of pyridine rings is 1. The van der Waals surface area contributed by atoms with Gasteiger partial charge in [0.05, 0.1) is 57.4 Å². The van der Waals surface area contributed by atoms with Gasteiger partial charge in [0.1, 0.15) is 28.0 Å². The van der Waals surface area contributed by atoms with Gasteiger partial charge < -0.3 is 29.0 Å². The first-order chi connectivity index (χ1) is 25.0. The van der Waals surface area contributed by atoms with Gasteiger partial charge in [0, 0.05) is 40.0 Å². The Hall–Kier alpha value is -3.36. The highest BCUT2D eigenvalue weighted by Crippen LogP contribution is 2.50. The van der Waals surface area contributed by atoms with Crippen molar-refractivity contribution in [1.82, 2.24) is 30.0 Å². The summed E-state index contributed by atoms with van der Waals surface area (Å²) < 4.78 is 41.6. The van der Waals surface area contributed by atoms with Gasteiger partial charge in [-0.25, -0.2) is 9.37 Å². The number of nitrogens with one attached hydrogen (secondary N) is 1. The van der Waals surface area contributed by atoms with E-state index in [1.165, 1.54) is 7.11 Å². The molecule has 52 heavy (non-hydrogen) atoms. The van der Waals surface area contributed by atoms with Crippen molar-refractivity contribution in [2.24, 2.45) is 5.41 Å². The summed E-state index contributed by atoms with van der Waals surface area (Å²) in [5.74, 6) is -0.141. The minimum Gasteiger partial charge on any atom is -0.480 e. The van der Waals surface area contributed by atoms with Crippen LogP contribution in [0.3, 0.4) is 0 Å². The first kappa shape index (κ1) is 35.7. The Kier molecular flexibility index (Phi) is 9.47. The lowest BCUT2D eigenvalue weighted by atomic mass is 9.74. The summed E-state index contributed by atoms with van der Waals surface area (Å²) in [6, 6.07) is 2.71. The molecule has 6 heterocycles. The zero-order chi connectivity index (χ0) is 36.4. The number of β-amino-alcohol motifs (C(OH)–C–C–N with tert-alkyl or cyclic N) is 1. The molecule has 4 aromatic rings. The number of H-pyrrole nitrogens is 1. The lowest BCUT2D eigenvalue weighted by Gasteiger charge is -2.51. The summed E-state index contributed by atoms with van der Waals surface area (Å²) >= 11 is 6.64. The standard InChI is InChI=1S/C38H49ClFN7O5/c1-21-14-24(15-22(2)52-21)47-11-7-10-38(9-6-8-28(38)47)20-51-36-43-33-30(34(44-36)46-12-13-50-19-37(4,48)18-46)35(49-5)42-32(31(33)40)29-23(3)26(39)16-27-25(29)17-41-45-27/h16-17,21-22,24,28,48H,6-15,18-20H2,1-5H3,(H,41,45)/t21-,22-,28-,37+,38-/m1/s1. The molecule has 0 bridgehead atoms. The molecule has 5 atom stereocenters. The van der Waals surface area contributed by atoms with Gasteiger partial charge in [0.2, 0.25) is 5.88 Å². The van der Waals surface area contributed by atoms with Crippen molar-refractivity contribution in [3.63, 3.8) is 0 Å². The lowest BCUT2D eigenvalue weighted by molar-refractivity contribution is -0.0967. The Morgan fingerprint density at radius 2 is 1.92 bits per heavy atom. The fourth-order valence-electron chi connectivity index (χ4n) is 9.59. The van der Waals surface area contributed by atoms with E-state index in [9.17, 15) is 5.11 Å². The Morgan fingerprint density at radius 1 is 1.13 bits per heavy atom. The van der Waals surface area contributed by atoms with Crippen LogP contribution in [-0.4, -0.2) is 112 Å². The van der Waals surface area contributed by atoms with Crippen LogP contribution in [0.15, 0.2) is 12.3 Å². The number of aromatic nitrogens is 5. The number of rotatable bonds is 7. The number of ether oxygens (including phenoxy) is 4. The third kappa shape index (κ3) is 6.36. The van der Waals surface area contributed by atoms with E-state index in [0.29, 0.717) is 70.1 Å². The lowest BCUT2D eigenvalue weighted by Crippen LogP contribution is -2.57. The Morgan fingerprint density at radius 3 is 2.71 bits per heavy atom. The van der Waals surface area contributed by atoms with Crippen molar-refractivity contribution >= 4 is 39.2 Å². The number of halogens is 2. The number of likely N-dealkylation sites (tertiary alicyclic amines) is 1. The fourth-order valence-corrected chi connectivity index (χ4v) is 9.79. The number of aliphatic hydroxyl groups is 1. The predicted molar refractivity (Wildman–Crippen MR) is 197 cm³/mol. The Balaban J connectivity index is 1.23. The largest absolute Gasteiger partial charge is 0.480 e. The second-order valence-corrected chi connectivity index (χ2v) is 16.2. The molecule has 280 valence electrons. The zero-order valence-corrected chi connectivity index (χ0v) is 31.4. The number of nitrogens with zero attached hydrogens (tertiary/aromatic N) is 6. The summed E-state index contributed by atoms with van der Waals surface area (Å²) in [5.41, 5.74) is 0.604. The molecule has 3 aromatic heterocycles. The Labute approximate surface area is 308 Å². The highest BCUT2D eigenvalue weighted by Gasteiger charge is 2.51. The van der Waals surface area contributed by atoms with Gasteiger partial charge in [0.25, 0.3) is 0 Å². The van der Waals surface area contributed by atoms with E-state index < -0.39 is 11.4 Å². The zero-order valence-electron chi connectivity index (χ0n) is 30.7. The molecular weight excluding hydrogens is 689 g/mol. The number of anilines is 1. The SMILES string of the molecule is COc1nc(-c2c(C)c(Cl)cc3[nH]ncc23)c(F)c2nc(OC[C@]34CCC[C@H]3N(C3C[C@@H](C)O[C@H](C)C3)CCC4)nc(N3CCOC[C@@](C)(O)C3)c12.